The number of allylic oxidation sites excluding steroid dienone is 1. The highest BCUT2D eigenvalue weighted by atomic mass is 16.2. The van der Waals surface area contributed by atoms with E-state index < -0.39 is 0 Å². The maximum atomic E-state index is 12.1. The zero-order valence-electron chi connectivity index (χ0n) is 10.8. The Morgan fingerprint density at radius 3 is 2.75 bits per heavy atom. The van der Waals surface area contributed by atoms with Crippen molar-refractivity contribution in [3.8, 4) is 0 Å². The van der Waals surface area contributed by atoms with E-state index in [1.807, 2.05) is 18.7 Å². The number of hydrogen-bond donors (Lipinski definition) is 1. The van der Waals surface area contributed by atoms with E-state index in [2.05, 4.69) is 12.2 Å². The van der Waals surface area contributed by atoms with Crippen molar-refractivity contribution in [1.82, 2.24) is 10.2 Å². The average Bonchev–Trinajstić information content (AvgIpc) is 2.26. The van der Waals surface area contributed by atoms with E-state index in [0.29, 0.717) is 6.04 Å². The quantitative estimate of drug-likeness (QED) is 0.740. The molecule has 1 aliphatic rings. The van der Waals surface area contributed by atoms with Crippen LogP contribution in [0.1, 0.15) is 40.0 Å². The highest BCUT2D eigenvalue weighted by molar-refractivity contribution is 5.88. The van der Waals surface area contributed by atoms with E-state index in [1.54, 1.807) is 6.08 Å². The molecule has 3 heteroatoms. The van der Waals surface area contributed by atoms with Gasteiger partial charge in [-0.2, -0.15) is 0 Å². The van der Waals surface area contributed by atoms with Crippen LogP contribution in [0.5, 0.6) is 0 Å². The molecule has 0 aliphatic carbocycles. The molecule has 0 radical (unpaired) electrons. The van der Waals surface area contributed by atoms with Crippen LogP contribution in [0, 0.1) is 0 Å². The largest absolute Gasteiger partial charge is 0.335 e. The first-order chi connectivity index (χ1) is 7.65. The number of rotatable bonds is 4. The fraction of sp³-hybridized carbons (Fsp3) is 0.769. The molecule has 3 nitrogen and oxygen atoms in total. The summed E-state index contributed by atoms with van der Waals surface area (Å²) >= 11 is 0. The van der Waals surface area contributed by atoms with Gasteiger partial charge in [0.25, 0.3) is 0 Å². The van der Waals surface area contributed by atoms with Crippen molar-refractivity contribution in [2.24, 2.45) is 0 Å². The highest BCUT2D eigenvalue weighted by Gasteiger charge is 2.23. The molecule has 1 heterocycles. The number of nitrogens with zero attached hydrogens (tertiary/aromatic N) is 1. The number of nitrogens with one attached hydrogen (secondary N) is 1. The van der Waals surface area contributed by atoms with Crippen LogP contribution >= 0.6 is 0 Å². The first-order valence-corrected chi connectivity index (χ1v) is 6.31. The van der Waals surface area contributed by atoms with Gasteiger partial charge in [0.1, 0.15) is 0 Å². The van der Waals surface area contributed by atoms with Crippen molar-refractivity contribution in [1.29, 1.82) is 0 Å². The molecule has 1 saturated heterocycles. The minimum atomic E-state index is 0.176. The molecule has 1 aliphatic heterocycles. The van der Waals surface area contributed by atoms with Crippen molar-refractivity contribution in [3.63, 3.8) is 0 Å². The Morgan fingerprint density at radius 2 is 2.25 bits per heavy atom. The van der Waals surface area contributed by atoms with Gasteiger partial charge in [0.2, 0.25) is 5.91 Å². The van der Waals surface area contributed by atoms with Gasteiger partial charge in [-0.3, -0.25) is 4.79 Å². The third-order valence-electron chi connectivity index (χ3n) is 2.87. The van der Waals surface area contributed by atoms with Crippen LogP contribution in [-0.2, 0) is 4.79 Å². The van der Waals surface area contributed by atoms with E-state index in [4.69, 9.17) is 0 Å². The monoisotopic (exact) mass is 224 g/mol. The molecule has 1 N–H and O–H groups in total. The standard InChI is InChI=1S/C13H24N2O/c1-4-8-15(13(16)9-11(2)3)12-6-5-7-14-10-12/h9,12,14H,4-8,10H2,1-3H3. The first-order valence-electron chi connectivity index (χ1n) is 6.31. The maximum absolute atomic E-state index is 12.1. The lowest BCUT2D eigenvalue weighted by molar-refractivity contribution is -0.128. The number of hydrogen-bond acceptors (Lipinski definition) is 2. The molecule has 0 aromatic heterocycles. The number of carbonyl (C=O) groups is 1. The number of amides is 1. The molecular formula is C13H24N2O. The molecule has 0 saturated carbocycles. The van der Waals surface area contributed by atoms with E-state index in [1.165, 1.54) is 6.42 Å². The van der Waals surface area contributed by atoms with E-state index in [0.717, 1.165) is 38.0 Å². The zero-order chi connectivity index (χ0) is 12.0. The van der Waals surface area contributed by atoms with Crippen LogP contribution < -0.4 is 5.32 Å². The summed E-state index contributed by atoms with van der Waals surface area (Å²) in [5, 5.41) is 3.37. The number of piperidine rings is 1. The smallest absolute Gasteiger partial charge is 0.246 e. The fourth-order valence-electron chi connectivity index (χ4n) is 2.14. The van der Waals surface area contributed by atoms with E-state index in [9.17, 15) is 4.79 Å². The van der Waals surface area contributed by atoms with Gasteiger partial charge in [-0.1, -0.05) is 12.5 Å². The Balaban J connectivity index is 2.64. The zero-order valence-corrected chi connectivity index (χ0v) is 10.8. The predicted molar refractivity (Wildman–Crippen MR) is 67.3 cm³/mol. The predicted octanol–water partition coefficient (Wildman–Crippen LogP) is 1.94. The van der Waals surface area contributed by atoms with Crippen LogP contribution in [0.3, 0.4) is 0 Å². The molecule has 0 spiro atoms. The van der Waals surface area contributed by atoms with Crippen molar-refractivity contribution >= 4 is 5.91 Å². The Labute approximate surface area is 98.9 Å². The van der Waals surface area contributed by atoms with Gasteiger partial charge in [0.05, 0.1) is 0 Å². The summed E-state index contributed by atoms with van der Waals surface area (Å²) in [6.07, 6.45) is 5.09. The Morgan fingerprint density at radius 1 is 1.50 bits per heavy atom. The topological polar surface area (TPSA) is 32.3 Å². The minimum Gasteiger partial charge on any atom is -0.335 e. The Bertz CT molecular complexity index is 251. The van der Waals surface area contributed by atoms with Gasteiger partial charge in [0.15, 0.2) is 0 Å². The highest BCUT2D eigenvalue weighted by Crippen LogP contribution is 2.12. The summed E-state index contributed by atoms with van der Waals surface area (Å²) in [5.74, 6) is 0.176. The lowest BCUT2D eigenvalue weighted by Gasteiger charge is -2.34. The molecule has 1 amide bonds. The molecular weight excluding hydrogens is 200 g/mol. The second-order valence-electron chi connectivity index (χ2n) is 4.75. The van der Waals surface area contributed by atoms with Crippen LogP contribution in [0.4, 0.5) is 0 Å². The van der Waals surface area contributed by atoms with Crippen LogP contribution in [-0.4, -0.2) is 36.5 Å². The van der Waals surface area contributed by atoms with E-state index >= 15 is 0 Å². The molecule has 1 fully saturated rings. The van der Waals surface area contributed by atoms with Gasteiger partial charge in [-0.05, 0) is 39.7 Å². The van der Waals surface area contributed by atoms with Crippen LogP contribution in [0.2, 0.25) is 0 Å². The lowest BCUT2D eigenvalue weighted by atomic mass is 10.1. The summed E-state index contributed by atoms with van der Waals surface area (Å²) < 4.78 is 0. The lowest BCUT2D eigenvalue weighted by Crippen LogP contribution is -2.48. The van der Waals surface area contributed by atoms with Crippen molar-refractivity contribution in [2.45, 2.75) is 46.1 Å². The molecule has 0 aromatic carbocycles. The van der Waals surface area contributed by atoms with Crippen molar-refractivity contribution in [2.75, 3.05) is 19.6 Å². The minimum absolute atomic E-state index is 0.176. The van der Waals surface area contributed by atoms with Gasteiger partial charge in [-0.25, -0.2) is 0 Å². The second kappa shape index (κ2) is 6.69. The molecule has 0 aromatic rings. The van der Waals surface area contributed by atoms with Crippen molar-refractivity contribution in [3.05, 3.63) is 11.6 Å². The van der Waals surface area contributed by atoms with Gasteiger partial charge < -0.3 is 10.2 Å². The summed E-state index contributed by atoms with van der Waals surface area (Å²) in [5.41, 5.74) is 1.08. The summed E-state index contributed by atoms with van der Waals surface area (Å²) in [4.78, 5) is 14.1. The maximum Gasteiger partial charge on any atom is 0.246 e. The average molecular weight is 224 g/mol. The Kier molecular flexibility index (Phi) is 5.53. The molecule has 1 atom stereocenters. The van der Waals surface area contributed by atoms with Gasteiger partial charge >= 0.3 is 0 Å². The molecule has 1 unspecified atom stereocenters. The third kappa shape index (κ3) is 3.97. The SMILES string of the molecule is CCCN(C(=O)C=C(C)C)C1CCCNC1. The molecule has 92 valence electrons. The first kappa shape index (κ1) is 13.2. The summed E-state index contributed by atoms with van der Waals surface area (Å²) in [6.45, 7) is 8.98. The number of carbonyl (C=O) groups excluding carboxylic acids is 1. The van der Waals surface area contributed by atoms with Gasteiger partial charge in [0, 0.05) is 25.2 Å². The molecule has 0 bridgehead atoms. The Hall–Kier alpha value is -0.830. The summed E-state index contributed by atoms with van der Waals surface area (Å²) in [6, 6.07) is 0.386. The van der Waals surface area contributed by atoms with E-state index in [-0.39, 0.29) is 5.91 Å². The van der Waals surface area contributed by atoms with Crippen molar-refractivity contribution < 1.29 is 4.79 Å². The molecule has 1 rings (SSSR count). The fourth-order valence-corrected chi connectivity index (χ4v) is 2.14. The van der Waals surface area contributed by atoms with Gasteiger partial charge in [-0.15, -0.1) is 0 Å². The van der Waals surface area contributed by atoms with Crippen LogP contribution in [0.25, 0.3) is 0 Å². The van der Waals surface area contributed by atoms with Crippen LogP contribution in [0.15, 0.2) is 11.6 Å². The summed E-state index contributed by atoms with van der Waals surface area (Å²) in [7, 11) is 0. The second-order valence-corrected chi connectivity index (χ2v) is 4.75. The molecule has 16 heavy (non-hydrogen) atoms. The normalized spacial score (nSPS) is 20.3. The third-order valence-corrected chi connectivity index (χ3v) is 2.87.